The molecular formula is C14H13NO3. The monoisotopic (exact) mass is 243 g/mol. The Balaban J connectivity index is 2.17. The SMILES string of the molecule is N=C1C(O)=CC(O)=CC1C=Cc1ccc(O)cc1. The van der Waals surface area contributed by atoms with Crippen LogP contribution in [-0.2, 0) is 0 Å². The van der Waals surface area contributed by atoms with E-state index in [1.165, 1.54) is 6.08 Å². The number of aliphatic hydroxyl groups is 2. The molecule has 1 aliphatic rings. The van der Waals surface area contributed by atoms with Gasteiger partial charge in [-0.3, -0.25) is 0 Å². The number of phenolic OH excluding ortho intramolecular Hbond substituents is 1. The molecule has 1 aliphatic carbocycles. The zero-order chi connectivity index (χ0) is 13.1. The minimum Gasteiger partial charge on any atom is -0.508 e. The zero-order valence-electron chi connectivity index (χ0n) is 9.54. The first-order valence-corrected chi connectivity index (χ1v) is 5.44. The highest BCUT2D eigenvalue weighted by Crippen LogP contribution is 2.19. The Morgan fingerprint density at radius 1 is 1.06 bits per heavy atom. The number of nitrogens with one attached hydrogen (secondary N) is 1. The number of phenols is 1. The first-order valence-electron chi connectivity index (χ1n) is 5.44. The van der Waals surface area contributed by atoms with Crippen molar-refractivity contribution in [2.45, 2.75) is 0 Å². The average Bonchev–Trinajstić information content (AvgIpc) is 2.34. The molecule has 0 fully saturated rings. The van der Waals surface area contributed by atoms with Crippen molar-refractivity contribution >= 4 is 11.8 Å². The lowest BCUT2D eigenvalue weighted by Gasteiger charge is -2.14. The molecular weight excluding hydrogens is 230 g/mol. The molecule has 92 valence electrons. The molecule has 0 aliphatic heterocycles. The smallest absolute Gasteiger partial charge is 0.140 e. The summed E-state index contributed by atoms with van der Waals surface area (Å²) in [5, 5.41) is 35.6. The Kier molecular flexibility index (Phi) is 3.19. The van der Waals surface area contributed by atoms with E-state index in [9.17, 15) is 10.2 Å². The standard InChI is InChI=1S/C14H13NO3/c15-14-10(7-12(17)8-13(14)18)4-1-9-2-5-11(16)6-3-9/h1-8,10,15-18H. The lowest BCUT2D eigenvalue weighted by Crippen LogP contribution is -2.15. The summed E-state index contributed by atoms with van der Waals surface area (Å²) in [6, 6.07) is 6.60. The molecule has 1 unspecified atom stereocenters. The molecule has 0 spiro atoms. The normalized spacial score (nSPS) is 19.8. The van der Waals surface area contributed by atoms with Gasteiger partial charge in [-0.05, 0) is 23.8 Å². The predicted molar refractivity (Wildman–Crippen MR) is 69.8 cm³/mol. The van der Waals surface area contributed by atoms with Crippen LogP contribution in [0.2, 0.25) is 0 Å². The topological polar surface area (TPSA) is 84.5 Å². The van der Waals surface area contributed by atoms with Crippen LogP contribution in [0, 0.1) is 11.3 Å². The zero-order valence-corrected chi connectivity index (χ0v) is 9.54. The van der Waals surface area contributed by atoms with Crippen molar-refractivity contribution in [2.75, 3.05) is 0 Å². The summed E-state index contributed by atoms with van der Waals surface area (Å²) in [6.07, 6.45) is 6.10. The van der Waals surface area contributed by atoms with Gasteiger partial charge in [-0.15, -0.1) is 0 Å². The van der Waals surface area contributed by atoms with Gasteiger partial charge in [0.2, 0.25) is 0 Å². The molecule has 1 atom stereocenters. The molecule has 4 nitrogen and oxygen atoms in total. The van der Waals surface area contributed by atoms with Crippen LogP contribution in [0.1, 0.15) is 5.56 Å². The first kappa shape index (κ1) is 12.0. The highest BCUT2D eigenvalue weighted by atomic mass is 16.3. The lowest BCUT2D eigenvalue weighted by atomic mass is 9.95. The summed E-state index contributed by atoms with van der Waals surface area (Å²) in [7, 11) is 0. The average molecular weight is 243 g/mol. The van der Waals surface area contributed by atoms with E-state index in [0.29, 0.717) is 0 Å². The predicted octanol–water partition coefficient (Wildman–Crippen LogP) is 2.94. The maximum Gasteiger partial charge on any atom is 0.140 e. The van der Waals surface area contributed by atoms with Gasteiger partial charge in [0.15, 0.2) is 0 Å². The third kappa shape index (κ3) is 2.60. The van der Waals surface area contributed by atoms with Gasteiger partial charge in [-0.1, -0.05) is 24.3 Å². The van der Waals surface area contributed by atoms with Crippen molar-refractivity contribution in [3.8, 4) is 5.75 Å². The van der Waals surface area contributed by atoms with Crippen LogP contribution in [0.25, 0.3) is 6.08 Å². The highest BCUT2D eigenvalue weighted by molar-refractivity contribution is 6.01. The van der Waals surface area contributed by atoms with Gasteiger partial charge in [0.05, 0.1) is 5.71 Å². The van der Waals surface area contributed by atoms with Crippen molar-refractivity contribution < 1.29 is 15.3 Å². The summed E-state index contributed by atoms with van der Waals surface area (Å²) in [5.74, 6) is -0.543. The van der Waals surface area contributed by atoms with Crippen molar-refractivity contribution in [2.24, 2.45) is 5.92 Å². The maximum absolute atomic E-state index is 9.42. The number of rotatable bonds is 2. The van der Waals surface area contributed by atoms with Crippen LogP contribution in [0.5, 0.6) is 5.75 Å². The second kappa shape index (κ2) is 4.79. The Morgan fingerprint density at radius 3 is 2.39 bits per heavy atom. The maximum atomic E-state index is 9.42. The van der Waals surface area contributed by atoms with Crippen LogP contribution >= 0.6 is 0 Å². The molecule has 18 heavy (non-hydrogen) atoms. The van der Waals surface area contributed by atoms with E-state index < -0.39 is 5.92 Å². The molecule has 0 amide bonds. The molecule has 0 radical (unpaired) electrons. The molecule has 2 rings (SSSR count). The van der Waals surface area contributed by atoms with Gasteiger partial charge in [0.1, 0.15) is 17.3 Å². The quantitative estimate of drug-likeness (QED) is 0.644. The fourth-order valence-electron chi connectivity index (χ4n) is 1.66. The molecule has 4 N–H and O–H groups in total. The number of benzene rings is 1. The third-order valence-electron chi connectivity index (χ3n) is 2.63. The highest BCUT2D eigenvalue weighted by Gasteiger charge is 2.18. The molecule has 0 aromatic heterocycles. The molecule has 0 heterocycles. The second-order valence-electron chi connectivity index (χ2n) is 4.01. The number of allylic oxidation sites excluding steroid dienone is 4. The van der Waals surface area contributed by atoms with E-state index in [-0.39, 0.29) is 23.0 Å². The van der Waals surface area contributed by atoms with Gasteiger partial charge < -0.3 is 20.7 Å². The van der Waals surface area contributed by atoms with Gasteiger partial charge in [0, 0.05) is 12.0 Å². The van der Waals surface area contributed by atoms with Gasteiger partial charge >= 0.3 is 0 Å². The number of aliphatic hydroxyl groups excluding tert-OH is 2. The Bertz CT molecular complexity index is 553. The summed E-state index contributed by atoms with van der Waals surface area (Å²) >= 11 is 0. The van der Waals surface area contributed by atoms with E-state index in [0.717, 1.165) is 11.6 Å². The van der Waals surface area contributed by atoms with Crippen molar-refractivity contribution in [3.63, 3.8) is 0 Å². The molecule has 0 bridgehead atoms. The van der Waals surface area contributed by atoms with Gasteiger partial charge in [0.25, 0.3) is 0 Å². The fourth-order valence-corrected chi connectivity index (χ4v) is 1.66. The fraction of sp³-hybridized carbons (Fsp3) is 0.0714. The molecule has 1 aromatic rings. The largest absolute Gasteiger partial charge is 0.508 e. The van der Waals surface area contributed by atoms with Gasteiger partial charge in [-0.2, -0.15) is 0 Å². The Morgan fingerprint density at radius 2 is 1.72 bits per heavy atom. The molecule has 0 saturated carbocycles. The second-order valence-corrected chi connectivity index (χ2v) is 4.01. The summed E-state index contributed by atoms with van der Waals surface area (Å²) < 4.78 is 0. The third-order valence-corrected chi connectivity index (χ3v) is 2.63. The van der Waals surface area contributed by atoms with Crippen molar-refractivity contribution in [3.05, 3.63) is 59.6 Å². The molecule has 0 saturated heterocycles. The number of aromatic hydroxyl groups is 1. The van der Waals surface area contributed by atoms with Crippen LogP contribution in [0.4, 0.5) is 0 Å². The Hall–Kier alpha value is -2.49. The van der Waals surface area contributed by atoms with E-state index in [4.69, 9.17) is 10.5 Å². The van der Waals surface area contributed by atoms with E-state index in [1.54, 1.807) is 36.4 Å². The van der Waals surface area contributed by atoms with Crippen molar-refractivity contribution in [1.82, 2.24) is 0 Å². The first-order chi connectivity index (χ1) is 8.56. The van der Waals surface area contributed by atoms with E-state index in [1.807, 2.05) is 0 Å². The summed E-state index contributed by atoms with van der Waals surface area (Å²) in [4.78, 5) is 0. The lowest BCUT2D eigenvalue weighted by molar-refractivity contribution is 0.399. The number of hydrogen-bond acceptors (Lipinski definition) is 4. The summed E-state index contributed by atoms with van der Waals surface area (Å²) in [5.41, 5.74) is 0.908. The van der Waals surface area contributed by atoms with E-state index in [2.05, 4.69) is 0 Å². The van der Waals surface area contributed by atoms with Crippen molar-refractivity contribution in [1.29, 1.82) is 5.41 Å². The minimum atomic E-state index is -0.455. The van der Waals surface area contributed by atoms with Crippen LogP contribution in [0.3, 0.4) is 0 Å². The van der Waals surface area contributed by atoms with Gasteiger partial charge in [-0.25, -0.2) is 0 Å². The number of hydrogen-bond donors (Lipinski definition) is 4. The van der Waals surface area contributed by atoms with Crippen LogP contribution < -0.4 is 0 Å². The van der Waals surface area contributed by atoms with E-state index >= 15 is 0 Å². The Labute approximate surface area is 104 Å². The summed E-state index contributed by atoms with van der Waals surface area (Å²) in [6.45, 7) is 0. The minimum absolute atomic E-state index is 0.0443. The molecule has 1 aromatic carbocycles. The van der Waals surface area contributed by atoms with Crippen LogP contribution in [0.15, 0.2) is 54.0 Å². The molecule has 4 heteroatoms. The van der Waals surface area contributed by atoms with Crippen LogP contribution in [-0.4, -0.2) is 21.0 Å².